The van der Waals surface area contributed by atoms with E-state index in [4.69, 9.17) is 0 Å². The van der Waals surface area contributed by atoms with Crippen LogP contribution in [0.4, 0.5) is 0 Å². The summed E-state index contributed by atoms with van der Waals surface area (Å²) in [5.74, 6) is 0.988. The Kier molecular flexibility index (Phi) is 8.47. The first kappa shape index (κ1) is 21.8. The largest absolute Gasteiger partial charge is 0.355 e. The zero-order valence-electron chi connectivity index (χ0n) is 17.8. The number of likely N-dealkylation sites (tertiary alicyclic amines) is 2. The fourth-order valence-corrected chi connectivity index (χ4v) is 4.63. The molecule has 0 bridgehead atoms. The number of likely N-dealkylation sites (N-methyl/N-ethyl adjacent to an activating group) is 1. The van der Waals surface area contributed by atoms with Crippen molar-refractivity contribution >= 4 is 11.8 Å². The number of carbonyl (C=O) groups is 2. The van der Waals surface area contributed by atoms with E-state index < -0.39 is 0 Å². The molecule has 1 aromatic rings. The molecule has 29 heavy (non-hydrogen) atoms. The Balaban J connectivity index is 1.28. The summed E-state index contributed by atoms with van der Waals surface area (Å²) >= 11 is 0. The maximum absolute atomic E-state index is 12.4. The normalized spacial score (nSPS) is 20.7. The standard InChI is InChI=1S/C23H36N4O2/c1-2-26-15-3-4-21(26)18-25-22(28)7-5-20-11-16-27(17-12-20)23(29)8-6-19-9-13-24-14-10-19/h9-10,13-14,20-21H,2-8,11-12,15-18H2,1H3,(H,25,28)/t21-/m0/s1. The summed E-state index contributed by atoms with van der Waals surface area (Å²) in [6, 6.07) is 4.46. The van der Waals surface area contributed by atoms with E-state index in [1.165, 1.54) is 12.8 Å². The number of piperidine rings is 1. The van der Waals surface area contributed by atoms with Crippen LogP contribution in [0.5, 0.6) is 0 Å². The summed E-state index contributed by atoms with van der Waals surface area (Å²) in [4.78, 5) is 33.2. The Bertz CT molecular complexity index is 644. The molecule has 2 saturated heterocycles. The third kappa shape index (κ3) is 6.81. The lowest BCUT2D eigenvalue weighted by Gasteiger charge is -2.32. The average molecular weight is 401 g/mol. The van der Waals surface area contributed by atoms with E-state index in [1.54, 1.807) is 12.4 Å². The number of nitrogens with zero attached hydrogens (tertiary/aromatic N) is 3. The van der Waals surface area contributed by atoms with Crippen LogP contribution in [0.2, 0.25) is 0 Å². The van der Waals surface area contributed by atoms with Crippen molar-refractivity contribution in [3.63, 3.8) is 0 Å². The molecule has 0 unspecified atom stereocenters. The minimum atomic E-state index is 0.184. The van der Waals surface area contributed by atoms with Gasteiger partial charge in [-0.3, -0.25) is 19.5 Å². The summed E-state index contributed by atoms with van der Waals surface area (Å²) in [5, 5.41) is 3.14. The molecule has 1 N–H and O–H groups in total. The summed E-state index contributed by atoms with van der Waals surface area (Å²) in [7, 11) is 0. The molecular formula is C23H36N4O2. The lowest BCUT2D eigenvalue weighted by molar-refractivity contribution is -0.132. The molecule has 0 radical (unpaired) electrons. The van der Waals surface area contributed by atoms with Crippen LogP contribution < -0.4 is 5.32 Å². The maximum Gasteiger partial charge on any atom is 0.222 e. The number of aryl methyl sites for hydroxylation is 1. The van der Waals surface area contributed by atoms with Crippen LogP contribution in [0.15, 0.2) is 24.5 Å². The topological polar surface area (TPSA) is 65.5 Å². The number of carbonyl (C=O) groups excluding carboxylic acids is 2. The molecule has 160 valence electrons. The molecule has 2 aliphatic heterocycles. The van der Waals surface area contributed by atoms with Gasteiger partial charge in [0.05, 0.1) is 0 Å². The molecule has 2 amide bonds. The van der Waals surface area contributed by atoms with Gasteiger partial charge < -0.3 is 10.2 Å². The van der Waals surface area contributed by atoms with Gasteiger partial charge in [-0.25, -0.2) is 0 Å². The summed E-state index contributed by atoms with van der Waals surface area (Å²) in [6.07, 6.45) is 10.9. The van der Waals surface area contributed by atoms with Crippen LogP contribution in [0.3, 0.4) is 0 Å². The fourth-order valence-electron chi connectivity index (χ4n) is 4.63. The molecule has 6 heteroatoms. The van der Waals surface area contributed by atoms with Gasteiger partial charge in [0, 0.05) is 50.9 Å². The monoisotopic (exact) mass is 400 g/mol. The Labute approximate surface area is 175 Å². The van der Waals surface area contributed by atoms with Crippen LogP contribution in [0, 0.1) is 5.92 Å². The molecular weight excluding hydrogens is 364 g/mol. The van der Waals surface area contributed by atoms with E-state index in [0.717, 1.165) is 64.0 Å². The second kappa shape index (κ2) is 11.3. The number of amides is 2. The number of rotatable bonds is 9. The third-order valence-electron chi connectivity index (χ3n) is 6.56. The van der Waals surface area contributed by atoms with Crippen LogP contribution in [-0.2, 0) is 16.0 Å². The SMILES string of the molecule is CCN1CCC[C@H]1CNC(=O)CCC1CCN(C(=O)CCc2ccncc2)CC1. The highest BCUT2D eigenvalue weighted by molar-refractivity contribution is 5.76. The Hall–Kier alpha value is -1.95. The lowest BCUT2D eigenvalue weighted by Crippen LogP contribution is -2.40. The summed E-state index contributed by atoms with van der Waals surface area (Å²) in [6.45, 7) is 6.87. The van der Waals surface area contributed by atoms with Crippen molar-refractivity contribution in [2.24, 2.45) is 5.92 Å². The Morgan fingerprint density at radius 3 is 2.59 bits per heavy atom. The van der Waals surface area contributed by atoms with Gasteiger partial charge in [-0.15, -0.1) is 0 Å². The minimum absolute atomic E-state index is 0.184. The van der Waals surface area contributed by atoms with Crippen molar-refractivity contribution in [3.05, 3.63) is 30.1 Å². The summed E-state index contributed by atoms with van der Waals surface area (Å²) < 4.78 is 0. The summed E-state index contributed by atoms with van der Waals surface area (Å²) in [5.41, 5.74) is 1.16. The van der Waals surface area contributed by atoms with E-state index in [1.807, 2.05) is 17.0 Å². The second-order valence-corrected chi connectivity index (χ2v) is 8.45. The van der Waals surface area contributed by atoms with Gasteiger partial charge in [0.25, 0.3) is 0 Å². The quantitative estimate of drug-likeness (QED) is 0.692. The molecule has 2 aliphatic rings. The van der Waals surface area contributed by atoms with Gasteiger partial charge in [-0.2, -0.15) is 0 Å². The highest BCUT2D eigenvalue weighted by Gasteiger charge is 2.25. The van der Waals surface area contributed by atoms with Gasteiger partial charge in [0.15, 0.2) is 0 Å². The molecule has 3 heterocycles. The van der Waals surface area contributed by atoms with E-state index >= 15 is 0 Å². The van der Waals surface area contributed by atoms with Crippen molar-refractivity contribution in [1.82, 2.24) is 20.1 Å². The number of hydrogen-bond acceptors (Lipinski definition) is 4. The van der Waals surface area contributed by atoms with Crippen LogP contribution in [0.1, 0.15) is 57.4 Å². The van der Waals surface area contributed by atoms with Gasteiger partial charge >= 0.3 is 0 Å². The first-order valence-electron chi connectivity index (χ1n) is 11.3. The first-order chi connectivity index (χ1) is 14.2. The Morgan fingerprint density at radius 2 is 1.86 bits per heavy atom. The highest BCUT2D eigenvalue weighted by atomic mass is 16.2. The number of hydrogen-bond donors (Lipinski definition) is 1. The fraction of sp³-hybridized carbons (Fsp3) is 0.696. The number of aromatic nitrogens is 1. The zero-order chi connectivity index (χ0) is 20.5. The molecule has 3 rings (SSSR count). The minimum Gasteiger partial charge on any atom is -0.355 e. The predicted octanol–water partition coefficient (Wildman–Crippen LogP) is 2.63. The van der Waals surface area contributed by atoms with Gasteiger partial charge in [-0.1, -0.05) is 6.92 Å². The maximum atomic E-state index is 12.4. The smallest absolute Gasteiger partial charge is 0.222 e. The molecule has 1 atom stereocenters. The highest BCUT2D eigenvalue weighted by Crippen LogP contribution is 2.23. The van der Waals surface area contributed by atoms with Gasteiger partial charge in [-0.05, 0) is 75.2 Å². The van der Waals surface area contributed by atoms with Crippen molar-refractivity contribution in [1.29, 1.82) is 0 Å². The lowest BCUT2D eigenvalue weighted by atomic mass is 9.91. The van der Waals surface area contributed by atoms with Crippen LogP contribution >= 0.6 is 0 Å². The van der Waals surface area contributed by atoms with Crippen LogP contribution in [0.25, 0.3) is 0 Å². The van der Waals surface area contributed by atoms with E-state index in [-0.39, 0.29) is 11.8 Å². The van der Waals surface area contributed by atoms with E-state index in [9.17, 15) is 9.59 Å². The van der Waals surface area contributed by atoms with Gasteiger partial charge in [0.2, 0.25) is 11.8 Å². The van der Waals surface area contributed by atoms with E-state index in [0.29, 0.717) is 24.8 Å². The molecule has 0 saturated carbocycles. The second-order valence-electron chi connectivity index (χ2n) is 8.45. The molecule has 6 nitrogen and oxygen atoms in total. The van der Waals surface area contributed by atoms with Crippen molar-refractivity contribution < 1.29 is 9.59 Å². The average Bonchev–Trinajstić information content (AvgIpc) is 3.23. The molecule has 1 aromatic heterocycles. The third-order valence-corrected chi connectivity index (χ3v) is 6.56. The zero-order valence-corrected chi connectivity index (χ0v) is 17.8. The van der Waals surface area contributed by atoms with Crippen molar-refractivity contribution in [2.45, 2.75) is 64.3 Å². The molecule has 2 fully saturated rings. The van der Waals surface area contributed by atoms with Crippen molar-refractivity contribution in [2.75, 3.05) is 32.7 Å². The Morgan fingerprint density at radius 1 is 1.10 bits per heavy atom. The first-order valence-corrected chi connectivity index (χ1v) is 11.3. The molecule has 0 aromatic carbocycles. The molecule has 0 spiro atoms. The van der Waals surface area contributed by atoms with Crippen LogP contribution in [-0.4, -0.2) is 65.4 Å². The predicted molar refractivity (Wildman–Crippen MR) is 114 cm³/mol. The number of pyridine rings is 1. The number of nitrogens with one attached hydrogen (secondary N) is 1. The van der Waals surface area contributed by atoms with Gasteiger partial charge in [0.1, 0.15) is 0 Å². The van der Waals surface area contributed by atoms with Crippen molar-refractivity contribution in [3.8, 4) is 0 Å². The molecule has 0 aliphatic carbocycles. The van der Waals surface area contributed by atoms with E-state index in [2.05, 4.69) is 22.1 Å².